The Morgan fingerprint density at radius 3 is 3.11 bits per heavy atom. The van der Waals surface area contributed by atoms with Crippen molar-refractivity contribution in [2.45, 2.75) is 31.4 Å². The van der Waals surface area contributed by atoms with E-state index in [4.69, 9.17) is 4.74 Å². The van der Waals surface area contributed by atoms with Crippen LogP contribution in [-0.4, -0.2) is 37.3 Å². The lowest BCUT2D eigenvalue weighted by atomic mass is 9.84. The molecule has 0 amide bonds. The molecule has 1 saturated heterocycles. The second-order valence-corrected chi connectivity index (χ2v) is 5.17. The molecule has 0 bridgehead atoms. The van der Waals surface area contributed by atoms with Gasteiger partial charge in [0.25, 0.3) is 0 Å². The van der Waals surface area contributed by atoms with E-state index < -0.39 is 0 Å². The van der Waals surface area contributed by atoms with E-state index in [2.05, 4.69) is 29.2 Å². The van der Waals surface area contributed by atoms with E-state index in [0.717, 1.165) is 32.5 Å². The third kappa shape index (κ3) is 2.17. The fourth-order valence-electron chi connectivity index (χ4n) is 3.28. The van der Waals surface area contributed by atoms with Gasteiger partial charge >= 0.3 is 0 Å². The van der Waals surface area contributed by atoms with E-state index in [-0.39, 0.29) is 12.8 Å². The molecular weight excluding hydrogens is 229 g/mol. The lowest BCUT2D eigenvalue weighted by Crippen LogP contribution is -2.49. The molecule has 98 valence electrons. The molecule has 0 aromatic heterocycles. The second-order valence-electron chi connectivity index (χ2n) is 5.17. The molecule has 1 aliphatic carbocycles. The topological polar surface area (TPSA) is 12.5 Å². The summed E-state index contributed by atoms with van der Waals surface area (Å²) in [5.74, 6) is 0. The van der Waals surface area contributed by atoms with Crippen LogP contribution in [0.4, 0.5) is 4.39 Å². The first-order valence-corrected chi connectivity index (χ1v) is 6.89. The molecule has 2 atom stereocenters. The third-order valence-electron chi connectivity index (χ3n) is 4.14. The molecule has 0 spiro atoms. The summed E-state index contributed by atoms with van der Waals surface area (Å²) in [6, 6.07) is 9.02. The summed E-state index contributed by atoms with van der Waals surface area (Å²) < 4.78 is 18.3. The Labute approximate surface area is 108 Å². The molecule has 3 heteroatoms. The van der Waals surface area contributed by atoms with Gasteiger partial charge in [0, 0.05) is 19.1 Å². The maximum Gasteiger partial charge on any atom is 0.0983 e. The monoisotopic (exact) mass is 249 g/mol. The van der Waals surface area contributed by atoms with Crippen molar-refractivity contribution in [3.8, 4) is 0 Å². The molecule has 1 aromatic rings. The number of benzene rings is 1. The molecule has 2 nitrogen and oxygen atoms in total. The molecule has 0 saturated carbocycles. The standard InChI is InChI=1S/C15H20FNO/c16-8-3-9-17-10-11-18-15-13-5-2-1-4-12(13)6-7-14(15)17/h1-2,4-5,14-15H,3,6-11H2. The summed E-state index contributed by atoms with van der Waals surface area (Å²) in [6.07, 6.45) is 3.09. The Morgan fingerprint density at radius 2 is 2.22 bits per heavy atom. The number of fused-ring (bicyclic) bond motifs is 3. The minimum atomic E-state index is -0.217. The second kappa shape index (κ2) is 5.37. The first-order chi connectivity index (χ1) is 8.90. The summed E-state index contributed by atoms with van der Waals surface area (Å²) in [6.45, 7) is 2.36. The number of morpholine rings is 1. The first-order valence-electron chi connectivity index (χ1n) is 6.89. The zero-order valence-electron chi connectivity index (χ0n) is 10.6. The maximum atomic E-state index is 12.4. The van der Waals surface area contributed by atoms with Crippen LogP contribution >= 0.6 is 0 Å². The largest absolute Gasteiger partial charge is 0.371 e. The summed E-state index contributed by atoms with van der Waals surface area (Å²) >= 11 is 0. The van der Waals surface area contributed by atoms with E-state index >= 15 is 0 Å². The molecule has 2 unspecified atom stereocenters. The summed E-state index contributed by atoms with van der Waals surface area (Å²) in [7, 11) is 0. The number of alkyl halides is 1. The molecule has 1 fully saturated rings. The van der Waals surface area contributed by atoms with Gasteiger partial charge in [0.1, 0.15) is 0 Å². The quantitative estimate of drug-likeness (QED) is 0.816. The predicted molar refractivity (Wildman–Crippen MR) is 69.4 cm³/mol. The van der Waals surface area contributed by atoms with Crippen molar-refractivity contribution in [3.63, 3.8) is 0 Å². The van der Waals surface area contributed by atoms with Gasteiger partial charge in [0.05, 0.1) is 19.4 Å². The molecular formula is C15H20FNO. The number of hydrogen-bond acceptors (Lipinski definition) is 2. The van der Waals surface area contributed by atoms with Crippen molar-refractivity contribution in [1.82, 2.24) is 4.90 Å². The highest BCUT2D eigenvalue weighted by Gasteiger charge is 2.36. The Bertz CT molecular complexity index is 409. The molecule has 0 radical (unpaired) electrons. The number of aryl methyl sites for hydroxylation is 1. The Kier molecular flexibility index (Phi) is 3.62. The number of nitrogens with zero attached hydrogens (tertiary/aromatic N) is 1. The van der Waals surface area contributed by atoms with Crippen LogP contribution < -0.4 is 0 Å². The van der Waals surface area contributed by atoms with Crippen molar-refractivity contribution >= 4 is 0 Å². The summed E-state index contributed by atoms with van der Waals surface area (Å²) in [4.78, 5) is 2.42. The number of halogens is 1. The van der Waals surface area contributed by atoms with Crippen molar-refractivity contribution in [1.29, 1.82) is 0 Å². The van der Waals surface area contributed by atoms with Gasteiger partial charge in [-0.1, -0.05) is 24.3 Å². The zero-order valence-corrected chi connectivity index (χ0v) is 10.6. The molecule has 3 rings (SSSR count). The highest BCUT2D eigenvalue weighted by molar-refractivity contribution is 5.33. The SMILES string of the molecule is FCCCN1CCOC2c3ccccc3CCC21. The average molecular weight is 249 g/mol. The van der Waals surface area contributed by atoms with E-state index in [1.807, 2.05) is 0 Å². The lowest BCUT2D eigenvalue weighted by molar-refractivity contribution is -0.0807. The predicted octanol–water partition coefficient (Wildman–Crippen LogP) is 2.73. The molecule has 2 aliphatic rings. The lowest BCUT2D eigenvalue weighted by Gasteiger charge is -2.44. The van der Waals surface area contributed by atoms with Gasteiger partial charge in [0.15, 0.2) is 0 Å². The van der Waals surface area contributed by atoms with Crippen LogP contribution in [0.1, 0.15) is 30.1 Å². The zero-order chi connectivity index (χ0) is 12.4. The van der Waals surface area contributed by atoms with Gasteiger partial charge in [-0.15, -0.1) is 0 Å². The normalized spacial score (nSPS) is 27.6. The highest BCUT2D eigenvalue weighted by atomic mass is 19.1. The van der Waals surface area contributed by atoms with Crippen LogP contribution in [0.15, 0.2) is 24.3 Å². The fraction of sp³-hybridized carbons (Fsp3) is 0.600. The van der Waals surface area contributed by atoms with E-state index in [9.17, 15) is 4.39 Å². The van der Waals surface area contributed by atoms with Crippen LogP contribution in [0.25, 0.3) is 0 Å². The highest BCUT2D eigenvalue weighted by Crippen LogP contribution is 2.37. The van der Waals surface area contributed by atoms with E-state index in [1.54, 1.807) is 0 Å². The summed E-state index contributed by atoms with van der Waals surface area (Å²) in [5.41, 5.74) is 2.77. The van der Waals surface area contributed by atoms with Gasteiger partial charge in [-0.2, -0.15) is 0 Å². The van der Waals surface area contributed by atoms with Crippen LogP contribution in [0, 0.1) is 0 Å². The number of rotatable bonds is 3. The van der Waals surface area contributed by atoms with Crippen LogP contribution in [-0.2, 0) is 11.2 Å². The van der Waals surface area contributed by atoms with E-state index in [1.165, 1.54) is 11.1 Å². The van der Waals surface area contributed by atoms with Gasteiger partial charge in [0.2, 0.25) is 0 Å². The van der Waals surface area contributed by atoms with Crippen molar-refractivity contribution in [3.05, 3.63) is 35.4 Å². The average Bonchev–Trinajstić information content (AvgIpc) is 2.44. The Morgan fingerprint density at radius 1 is 1.33 bits per heavy atom. The van der Waals surface area contributed by atoms with E-state index in [0.29, 0.717) is 12.5 Å². The van der Waals surface area contributed by atoms with Crippen LogP contribution in [0.3, 0.4) is 0 Å². The first kappa shape index (κ1) is 12.1. The van der Waals surface area contributed by atoms with Gasteiger partial charge in [-0.05, 0) is 30.4 Å². The summed E-state index contributed by atoms with van der Waals surface area (Å²) in [5, 5.41) is 0. The van der Waals surface area contributed by atoms with Crippen molar-refractivity contribution in [2.75, 3.05) is 26.4 Å². The van der Waals surface area contributed by atoms with Crippen LogP contribution in [0.5, 0.6) is 0 Å². The van der Waals surface area contributed by atoms with Crippen molar-refractivity contribution in [2.24, 2.45) is 0 Å². The molecule has 18 heavy (non-hydrogen) atoms. The third-order valence-corrected chi connectivity index (χ3v) is 4.14. The smallest absolute Gasteiger partial charge is 0.0983 e. The van der Waals surface area contributed by atoms with Gasteiger partial charge in [-0.3, -0.25) is 9.29 Å². The fourth-order valence-corrected chi connectivity index (χ4v) is 3.28. The minimum absolute atomic E-state index is 0.198. The molecule has 0 N–H and O–H groups in total. The Hall–Kier alpha value is -0.930. The minimum Gasteiger partial charge on any atom is -0.371 e. The molecule has 1 aliphatic heterocycles. The molecule has 1 aromatic carbocycles. The van der Waals surface area contributed by atoms with Gasteiger partial charge < -0.3 is 4.74 Å². The Balaban J connectivity index is 1.81. The number of hydrogen-bond donors (Lipinski definition) is 0. The van der Waals surface area contributed by atoms with Crippen LogP contribution in [0.2, 0.25) is 0 Å². The van der Waals surface area contributed by atoms with Gasteiger partial charge in [-0.25, -0.2) is 0 Å². The number of ether oxygens (including phenoxy) is 1. The molecule has 1 heterocycles. The van der Waals surface area contributed by atoms with Crippen molar-refractivity contribution < 1.29 is 9.13 Å². The maximum absolute atomic E-state index is 12.4.